The Kier molecular flexibility index (Phi) is 9.96. The smallest absolute Gasteiger partial charge is 0.318 e. The normalized spacial score (nSPS) is 24.6. The molecule has 0 spiro atoms. The monoisotopic (exact) mass is 600 g/mol. The highest BCUT2D eigenvalue weighted by atomic mass is 79.9. The topological polar surface area (TPSA) is 70.8 Å². The molecule has 0 amide bonds. The molecule has 1 aromatic carbocycles. The second-order valence-electron chi connectivity index (χ2n) is 12.8. The van der Waals surface area contributed by atoms with E-state index in [0.29, 0.717) is 25.1 Å². The standard InChI is InChI=1S/C32H49BrN4O2/c1-7-9-11-12-15-31(5,14-10-8-2)21-39-30-35-26-19-25(33)28-24(18-22(3)23(4)34-28)27(26)29(36-30)37-17-13-16-32(6,38)20-37/h18-19,22-23,38H,7-17,20-21H2,1-6H3. The summed E-state index contributed by atoms with van der Waals surface area (Å²) in [5.41, 5.74) is 0.211. The number of fused-ring (bicyclic) bond motifs is 3. The van der Waals surface area contributed by atoms with E-state index in [1.807, 2.05) is 6.92 Å². The van der Waals surface area contributed by atoms with Crippen molar-refractivity contribution in [1.82, 2.24) is 9.97 Å². The molecule has 1 N–H and O–H groups in total. The van der Waals surface area contributed by atoms with Gasteiger partial charge in [-0.1, -0.05) is 72.3 Å². The lowest BCUT2D eigenvalue weighted by molar-refractivity contribution is 0.0447. The van der Waals surface area contributed by atoms with E-state index in [4.69, 9.17) is 19.7 Å². The first-order valence-electron chi connectivity index (χ1n) is 15.3. The quantitative estimate of drug-likeness (QED) is 0.273. The number of anilines is 1. The summed E-state index contributed by atoms with van der Waals surface area (Å²) >= 11 is 3.79. The van der Waals surface area contributed by atoms with Crippen LogP contribution in [0.25, 0.3) is 17.0 Å². The second kappa shape index (κ2) is 12.8. The molecule has 0 saturated carbocycles. The molecule has 216 valence electrons. The number of rotatable bonds is 12. The molecule has 2 aliphatic rings. The molecule has 1 saturated heterocycles. The fourth-order valence-corrected chi connectivity index (χ4v) is 6.58. The summed E-state index contributed by atoms with van der Waals surface area (Å²) in [6.45, 7) is 15.2. The van der Waals surface area contributed by atoms with Crippen LogP contribution in [0, 0.1) is 11.3 Å². The highest BCUT2D eigenvalue weighted by Crippen LogP contribution is 2.34. The fourth-order valence-electron chi connectivity index (χ4n) is 6.04. The van der Waals surface area contributed by atoms with Crippen molar-refractivity contribution in [1.29, 1.82) is 0 Å². The lowest BCUT2D eigenvalue weighted by Gasteiger charge is -2.38. The molecule has 6 nitrogen and oxygen atoms in total. The van der Waals surface area contributed by atoms with E-state index in [1.54, 1.807) is 0 Å². The van der Waals surface area contributed by atoms with Crippen molar-refractivity contribution in [2.45, 2.75) is 117 Å². The first kappa shape index (κ1) is 30.2. The van der Waals surface area contributed by atoms with Gasteiger partial charge in [-0.3, -0.25) is 4.99 Å². The number of β-amino-alcohol motifs (C(OH)–C–C–N with tert-alkyl or cyclic N) is 1. The predicted molar refractivity (Wildman–Crippen MR) is 165 cm³/mol. The van der Waals surface area contributed by atoms with E-state index in [9.17, 15) is 5.11 Å². The molecule has 2 aromatic rings. The average Bonchev–Trinajstić information content (AvgIpc) is 2.89. The zero-order valence-electron chi connectivity index (χ0n) is 25.0. The van der Waals surface area contributed by atoms with Crippen molar-refractivity contribution in [2.24, 2.45) is 16.3 Å². The van der Waals surface area contributed by atoms with Gasteiger partial charge in [0.2, 0.25) is 0 Å². The molecular formula is C32H49BrN4O2. The van der Waals surface area contributed by atoms with E-state index in [1.165, 1.54) is 38.5 Å². The molecule has 0 bridgehead atoms. The maximum atomic E-state index is 11.0. The van der Waals surface area contributed by atoms with Gasteiger partial charge in [-0.25, -0.2) is 0 Å². The van der Waals surface area contributed by atoms with Crippen LogP contribution in [0.3, 0.4) is 0 Å². The number of benzene rings is 1. The SMILES string of the molecule is CCCCCCC(C)(CCCC)COc1nc(N2CCCC(C)(O)C2)c2c3c(c(Br)cc2n1)=NC(C)C(C)C=3. The highest BCUT2D eigenvalue weighted by Gasteiger charge is 2.32. The van der Waals surface area contributed by atoms with Crippen molar-refractivity contribution in [3.05, 3.63) is 21.1 Å². The number of hydrogen-bond acceptors (Lipinski definition) is 6. The number of piperidine rings is 1. The van der Waals surface area contributed by atoms with Gasteiger partial charge < -0.3 is 14.7 Å². The van der Waals surface area contributed by atoms with Crippen molar-refractivity contribution < 1.29 is 9.84 Å². The molecule has 0 radical (unpaired) electrons. The number of ether oxygens (including phenoxy) is 1. The zero-order valence-corrected chi connectivity index (χ0v) is 26.6. The highest BCUT2D eigenvalue weighted by molar-refractivity contribution is 9.10. The van der Waals surface area contributed by atoms with E-state index in [-0.39, 0.29) is 11.5 Å². The first-order valence-corrected chi connectivity index (χ1v) is 16.1. The van der Waals surface area contributed by atoms with Crippen LogP contribution in [-0.2, 0) is 0 Å². The van der Waals surface area contributed by atoms with E-state index in [0.717, 1.165) is 64.0 Å². The Morgan fingerprint density at radius 3 is 2.59 bits per heavy atom. The molecule has 2 aliphatic heterocycles. The van der Waals surface area contributed by atoms with E-state index >= 15 is 0 Å². The molecule has 1 aromatic heterocycles. The number of nitrogens with zero attached hydrogens (tertiary/aromatic N) is 4. The van der Waals surface area contributed by atoms with Gasteiger partial charge in [-0.2, -0.15) is 9.97 Å². The molecule has 0 aliphatic carbocycles. The van der Waals surface area contributed by atoms with Crippen molar-refractivity contribution in [3.63, 3.8) is 0 Å². The van der Waals surface area contributed by atoms with E-state index in [2.05, 4.69) is 67.6 Å². The summed E-state index contributed by atoms with van der Waals surface area (Å²) in [5, 5.41) is 14.0. The maximum absolute atomic E-state index is 11.0. The first-order chi connectivity index (χ1) is 18.6. The molecule has 7 heteroatoms. The van der Waals surface area contributed by atoms with Gasteiger partial charge in [0.05, 0.1) is 34.5 Å². The summed E-state index contributed by atoms with van der Waals surface area (Å²) in [7, 11) is 0. The van der Waals surface area contributed by atoms with Gasteiger partial charge in [0.15, 0.2) is 0 Å². The summed E-state index contributed by atoms with van der Waals surface area (Å²) < 4.78 is 7.43. The van der Waals surface area contributed by atoms with Crippen LogP contribution >= 0.6 is 15.9 Å². The van der Waals surface area contributed by atoms with Gasteiger partial charge in [-0.05, 0) is 67.4 Å². The third-order valence-electron chi connectivity index (χ3n) is 8.73. The molecule has 3 heterocycles. The Bertz CT molecular complexity index is 1260. The Hall–Kier alpha value is -1.73. The minimum Gasteiger partial charge on any atom is -0.463 e. The zero-order chi connectivity index (χ0) is 28.2. The molecule has 4 rings (SSSR count). The average molecular weight is 602 g/mol. The van der Waals surface area contributed by atoms with Gasteiger partial charge >= 0.3 is 6.01 Å². The lowest BCUT2D eigenvalue weighted by atomic mass is 9.81. The number of unbranched alkanes of at least 4 members (excludes halogenated alkanes) is 4. The van der Waals surface area contributed by atoms with Crippen molar-refractivity contribution >= 4 is 38.7 Å². The fraction of sp³-hybridized carbons (Fsp3) is 0.719. The third-order valence-corrected chi connectivity index (χ3v) is 9.33. The Morgan fingerprint density at radius 1 is 1.13 bits per heavy atom. The number of halogens is 1. The number of aromatic nitrogens is 2. The summed E-state index contributed by atoms with van der Waals surface area (Å²) in [4.78, 5) is 17.3. The molecule has 1 fully saturated rings. The van der Waals surface area contributed by atoms with Gasteiger partial charge in [0.1, 0.15) is 5.82 Å². The van der Waals surface area contributed by atoms with Gasteiger partial charge in [-0.15, -0.1) is 0 Å². The Labute approximate surface area is 243 Å². The minimum absolute atomic E-state index is 0.103. The molecular weight excluding hydrogens is 552 g/mol. The third kappa shape index (κ3) is 7.32. The molecule has 39 heavy (non-hydrogen) atoms. The largest absolute Gasteiger partial charge is 0.463 e. The van der Waals surface area contributed by atoms with Crippen LogP contribution in [0.2, 0.25) is 0 Å². The maximum Gasteiger partial charge on any atom is 0.318 e. The Balaban J connectivity index is 1.75. The van der Waals surface area contributed by atoms with Crippen molar-refractivity contribution in [3.8, 4) is 6.01 Å². The van der Waals surface area contributed by atoms with Gasteiger partial charge in [0.25, 0.3) is 0 Å². The van der Waals surface area contributed by atoms with E-state index < -0.39 is 5.60 Å². The lowest BCUT2D eigenvalue weighted by Crippen LogP contribution is -2.47. The van der Waals surface area contributed by atoms with Crippen molar-refractivity contribution in [2.75, 3.05) is 24.6 Å². The van der Waals surface area contributed by atoms with Crippen LogP contribution < -0.4 is 20.2 Å². The van der Waals surface area contributed by atoms with Crippen LogP contribution in [0.4, 0.5) is 5.82 Å². The van der Waals surface area contributed by atoms with Gasteiger partial charge in [0, 0.05) is 28.2 Å². The summed E-state index contributed by atoms with van der Waals surface area (Å²) in [6, 6.07) is 2.71. The van der Waals surface area contributed by atoms with Crippen LogP contribution in [0.1, 0.15) is 106 Å². The van der Waals surface area contributed by atoms with Crippen LogP contribution in [0.15, 0.2) is 15.5 Å². The Morgan fingerprint density at radius 2 is 1.87 bits per heavy atom. The summed E-state index contributed by atoms with van der Waals surface area (Å²) in [5.74, 6) is 1.17. The molecule has 4 atom stereocenters. The van der Waals surface area contributed by atoms with Crippen LogP contribution in [-0.4, -0.2) is 46.4 Å². The predicted octanol–water partition coefficient (Wildman–Crippen LogP) is 6.73. The minimum atomic E-state index is -0.751. The molecule has 4 unspecified atom stereocenters. The number of hydrogen-bond donors (Lipinski definition) is 1. The van der Waals surface area contributed by atoms with Crippen LogP contribution in [0.5, 0.6) is 6.01 Å². The number of aliphatic hydroxyl groups is 1. The summed E-state index contributed by atoms with van der Waals surface area (Å²) in [6.07, 6.45) is 13.8. The second-order valence-corrected chi connectivity index (χ2v) is 13.6.